The quantitative estimate of drug-likeness (QED) is 0.777. The van der Waals surface area contributed by atoms with Crippen LogP contribution >= 0.6 is 0 Å². The average Bonchev–Trinajstić information content (AvgIpc) is 2.92. The number of carboxylic acids is 1. The number of nitrogens with zero attached hydrogens (tertiary/aromatic N) is 2. The van der Waals surface area contributed by atoms with Crippen molar-refractivity contribution in [1.82, 2.24) is 9.97 Å². The number of rotatable bonds is 4. The first-order valence-electron chi connectivity index (χ1n) is 4.95. The summed E-state index contributed by atoms with van der Waals surface area (Å²) < 4.78 is 0. The Bertz CT molecular complexity index is 381. The van der Waals surface area contributed by atoms with Crippen molar-refractivity contribution < 1.29 is 9.90 Å². The van der Waals surface area contributed by atoms with Crippen LogP contribution < -0.4 is 5.32 Å². The maximum absolute atomic E-state index is 10.8. The Kier molecular flexibility index (Phi) is 2.53. The molecule has 2 atom stereocenters. The lowest BCUT2D eigenvalue weighted by atomic mass is 10.3. The summed E-state index contributed by atoms with van der Waals surface area (Å²) in [6.45, 7) is 2.98. The third-order valence-electron chi connectivity index (χ3n) is 2.75. The van der Waals surface area contributed by atoms with E-state index in [0.29, 0.717) is 11.7 Å². The molecule has 1 aromatic heterocycles. The van der Waals surface area contributed by atoms with Crippen molar-refractivity contribution in [1.29, 1.82) is 0 Å². The summed E-state index contributed by atoms with van der Waals surface area (Å²) in [4.78, 5) is 18.4. The fraction of sp³-hybridized carbons (Fsp3) is 0.500. The van der Waals surface area contributed by atoms with E-state index in [-0.39, 0.29) is 5.56 Å². The smallest absolute Gasteiger partial charge is 0.341 e. The lowest BCUT2D eigenvalue weighted by molar-refractivity contribution is 0.0697. The van der Waals surface area contributed by atoms with E-state index in [1.165, 1.54) is 18.9 Å². The molecule has 1 aliphatic carbocycles. The van der Waals surface area contributed by atoms with E-state index in [2.05, 4.69) is 22.2 Å². The van der Waals surface area contributed by atoms with Crippen LogP contribution in [0.25, 0.3) is 0 Å². The Hall–Kier alpha value is -1.65. The molecule has 1 heterocycles. The molecule has 2 N–H and O–H groups in total. The Balaban J connectivity index is 2.03. The van der Waals surface area contributed by atoms with E-state index in [1.807, 2.05) is 0 Å². The van der Waals surface area contributed by atoms with Gasteiger partial charge in [0.05, 0.1) is 0 Å². The monoisotopic (exact) mass is 207 g/mol. The van der Waals surface area contributed by atoms with Gasteiger partial charge < -0.3 is 10.4 Å². The van der Waals surface area contributed by atoms with Gasteiger partial charge in [0.2, 0.25) is 0 Å². The normalized spacial score (nSPS) is 23.5. The van der Waals surface area contributed by atoms with Gasteiger partial charge in [0, 0.05) is 12.7 Å². The standard InChI is InChI=1S/C10H13N3O2/c1-6-2-7(6)3-12-9-8(10(14)15)4-11-5-13-9/h4-7H,2-3H2,1H3,(H,14,15)(H,11,12,13). The zero-order chi connectivity index (χ0) is 10.8. The van der Waals surface area contributed by atoms with Crippen LogP contribution in [0.2, 0.25) is 0 Å². The second-order valence-electron chi connectivity index (χ2n) is 3.94. The zero-order valence-corrected chi connectivity index (χ0v) is 8.47. The number of hydrogen-bond acceptors (Lipinski definition) is 4. The van der Waals surface area contributed by atoms with Gasteiger partial charge in [-0.25, -0.2) is 14.8 Å². The van der Waals surface area contributed by atoms with Crippen molar-refractivity contribution >= 4 is 11.8 Å². The Morgan fingerprint density at radius 2 is 2.47 bits per heavy atom. The van der Waals surface area contributed by atoms with Gasteiger partial charge in [0.15, 0.2) is 0 Å². The molecule has 2 rings (SSSR count). The number of hydrogen-bond donors (Lipinski definition) is 2. The van der Waals surface area contributed by atoms with Crippen molar-refractivity contribution in [3.63, 3.8) is 0 Å². The molecule has 5 nitrogen and oxygen atoms in total. The van der Waals surface area contributed by atoms with Crippen molar-refractivity contribution in [3.8, 4) is 0 Å². The van der Waals surface area contributed by atoms with Crippen LogP contribution in [0.5, 0.6) is 0 Å². The fourth-order valence-electron chi connectivity index (χ4n) is 1.54. The van der Waals surface area contributed by atoms with Gasteiger partial charge in [0.25, 0.3) is 0 Å². The molecule has 0 bridgehead atoms. The van der Waals surface area contributed by atoms with Gasteiger partial charge in [0.1, 0.15) is 17.7 Å². The highest BCUT2D eigenvalue weighted by atomic mass is 16.4. The first-order valence-corrected chi connectivity index (χ1v) is 4.95. The van der Waals surface area contributed by atoms with Gasteiger partial charge >= 0.3 is 5.97 Å². The summed E-state index contributed by atoms with van der Waals surface area (Å²) >= 11 is 0. The minimum Gasteiger partial charge on any atom is -0.477 e. The molecule has 2 unspecified atom stereocenters. The molecule has 0 saturated heterocycles. The molecule has 1 aromatic rings. The minimum absolute atomic E-state index is 0.130. The summed E-state index contributed by atoms with van der Waals surface area (Å²) in [6, 6.07) is 0. The van der Waals surface area contributed by atoms with Crippen LogP contribution in [0.4, 0.5) is 5.82 Å². The van der Waals surface area contributed by atoms with E-state index in [1.54, 1.807) is 0 Å². The lowest BCUT2D eigenvalue weighted by Crippen LogP contribution is -2.11. The number of anilines is 1. The van der Waals surface area contributed by atoms with Gasteiger partial charge in [-0.3, -0.25) is 0 Å². The van der Waals surface area contributed by atoms with Crippen molar-refractivity contribution in [2.45, 2.75) is 13.3 Å². The van der Waals surface area contributed by atoms with Gasteiger partial charge in [-0.2, -0.15) is 0 Å². The molecule has 0 radical (unpaired) electrons. The Labute approximate surface area is 87.6 Å². The van der Waals surface area contributed by atoms with E-state index in [0.717, 1.165) is 12.5 Å². The maximum atomic E-state index is 10.8. The summed E-state index contributed by atoms with van der Waals surface area (Å²) in [5, 5.41) is 11.9. The molecule has 1 saturated carbocycles. The molecule has 0 spiro atoms. The summed E-state index contributed by atoms with van der Waals surface area (Å²) in [6.07, 6.45) is 3.87. The highest BCUT2D eigenvalue weighted by molar-refractivity contribution is 5.92. The molecule has 0 aliphatic heterocycles. The number of carboxylic acid groups (broad SMARTS) is 1. The maximum Gasteiger partial charge on any atom is 0.341 e. The second kappa shape index (κ2) is 3.84. The third kappa shape index (κ3) is 2.23. The van der Waals surface area contributed by atoms with Crippen LogP contribution in [0.15, 0.2) is 12.5 Å². The van der Waals surface area contributed by atoms with Crippen molar-refractivity contribution in [2.24, 2.45) is 11.8 Å². The molecule has 5 heteroatoms. The molecular formula is C10H13N3O2. The van der Waals surface area contributed by atoms with Crippen LogP contribution in [-0.2, 0) is 0 Å². The number of nitrogens with one attached hydrogen (secondary N) is 1. The zero-order valence-electron chi connectivity index (χ0n) is 8.47. The Morgan fingerprint density at radius 1 is 1.73 bits per heavy atom. The van der Waals surface area contributed by atoms with Crippen LogP contribution in [0.3, 0.4) is 0 Å². The molecule has 15 heavy (non-hydrogen) atoms. The SMILES string of the molecule is CC1CC1CNc1ncncc1C(=O)O. The largest absolute Gasteiger partial charge is 0.477 e. The highest BCUT2D eigenvalue weighted by Crippen LogP contribution is 2.37. The number of aromatic carboxylic acids is 1. The van der Waals surface area contributed by atoms with Gasteiger partial charge in [-0.15, -0.1) is 0 Å². The third-order valence-corrected chi connectivity index (χ3v) is 2.75. The predicted octanol–water partition coefficient (Wildman–Crippen LogP) is 1.24. The highest BCUT2D eigenvalue weighted by Gasteiger charge is 2.32. The van der Waals surface area contributed by atoms with Crippen LogP contribution in [-0.4, -0.2) is 27.6 Å². The first kappa shape index (κ1) is 9.89. The van der Waals surface area contributed by atoms with Crippen LogP contribution in [0, 0.1) is 11.8 Å². The van der Waals surface area contributed by atoms with Crippen molar-refractivity contribution in [3.05, 3.63) is 18.1 Å². The van der Waals surface area contributed by atoms with Gasteiger partial charge in [-0.1, -0.05) is 6.92 Å². The molecule has 0 aromatic carbocycles. The minimum atomic E-state index is -0.998. The number of aromatic nitrogens is 2. The Morgan fingerprint density at radius 3 is 3.07 bits per heavy atom. The topological polar surface area (TPSA) is 75.1 Å². The van der Waals surface area contributed by atoms with E-state index < -0.39 is 5.97 Å². The fourth-order valence-corrected chi connectivity index (χ4v) is 1.54. The molecular weight excluding hydrogens is 194 g/mol. The van der Waals surface area contributed by atoms with Crippen molar-refractivity contribution in [2.75, 3.05) is 11.9 Å². The van der Waals surface area contributed by atoms with E-state index in [4.69, 9.17) is 5.11 Å². The van der Waals surface area contributed by atoms with E-state index in [9.17, 15) is 4.79 Å². The molecule has 1 aliphatic rings. The van der Waals surface area contributed by atoms with Crippen LogP contribution in [0.1, 0.15) is 23.7 Å². The molecule has 0 amide bonds. The lowest BCUT2D eigenvalue weighted by Gasteiger charge is -2.06. The summed E-state index contributed by atoms with van der Waals surface area (Å²) in [5.74, 6) is 0.813. The predicted molar refractivity (Wildman–Crippen MR) is 54.8 cm³/mol. The van der Waals surface area contributed by atoms with E-state index >= 15 is 0 Å². The summed E-state index contributed by atoms with van der Waals surface area (Å²) in [5.41, 5.74) is 0.130. The summed E-state index contributed by atoms with van der Waals surface area (Å²) in [7, 11) is 0. The molecule has 1 fully saturated rings. The van der Waals surface area contributed by atoms with Gasteiger partial charge in [-0.05, 0) is 18.3 Å². The molecule has 80 valence electrons. The average molecular weight is 207 g/mol. The second-order valence-corrected chi connectivity index (χ2v) is 3.94. The first-order chi connectivity index (χ1) is 7.18. The number of carbonyl (C=O) groups is 1.